The molecule has 1 heterocycles. The maximum atomic E-state index is 10.7. The van der Waals surface area contributed by atoms with Crippen molar-refractivity contribution in [2.24, 2.45) is 0 Å². The molecule has 7 heteroatoms. The molecule has 0 fully saturated rings. The molecule has 106 valence electrons. The maximum Gasteiger partial charge on any atom is 0.270 e. The Morgan fingerprint density at radius 3 is 2.95 bits per heavy atom. The third-order valence-electron chi connectivity index (χ3n) is 2.67. The van der Waals surface area contributed by atoms with Crippen LogP contribution < -0.4 is 5.32 Å². The number of nitro groups is 1. The smallest absolute Gasteiger partial charge is 0.270 e. The molecule has 1 aromatic carbocycles. The molecule has 1 N–H and O–H groups in total. The van der Waals surface area contributed by atoms with Gasteiger partial charge in [-0.3, -0.25) is 10.1 Å². The number of nitrogens with zero attached hydrogens (tertiary/aromatic N) is 3. The van der Waals surface area contributed by atoms with Gasteiger partial charge in [0, 0.05) is 36.7 Å². The molecule has 7 nitrogen and oxygen atoms in total. The first kappa shape index (κ1) is 14.1. The third-order valence-corrected chi connectivity index (χ3v) is 2.67. The summed E-state index contributed by atoms with van der Waals surface area (Å²) in [6, 6.07) is 6.57. The number of rotatable bonds is 6. The molecule has 1 aromatic heterocycles. The number of non-ortho nitro benzene ring substituents is 1. The first-order chi connectivity index (χ1) is 9.56. The Morgan fingerprint density at radius 1 is 1.45 bits per heavy atom. The lowest BCUT2D eigenvalue weighted by atomic mass is 10.2. The van der Waals surface area contributed by atoms with Crippen LogP contribution in [-0.2, 0) is 6.42 Å². The summed E-state index contributed by atoms with van der Waals surface area (Å²) in [4.78, 5) is 14.5. The largest absolute Gasteiger partial charge is 0.339 e. The molecule has 0 aliphatic heterocycles. The van der Waals surface area contributed by atoms with Crippen molar-refractivity contribution in [2.45, 2.75) is 26.3 Å². The van der Waals surface area contributed by atoms with Crippen LogP contribution in [-0.4, -0.2) is 27.7 Å². The number of aromatic nitrogens is 2. The Hall–Kier alpha value is -2.28. The van der Waals surface area contributed by atoms with Crippen molar-refractivity contribution < 1.29 is 9.45 Å². The van der Waals surface area contributed by atoms with Crippen molar-refractivity contribution in [3.63, 3.8) is 0 Å². The molecule has 2 rings (SSSR count). The summed E-state index contributed by atoms with van der Waals surface area (Å²) in [6.07, 6.45) is 0.625. The van der Waals surface area contributed by atoms with E-state index in [0.717, 1.165) is 6.54 Å². The van der Waals surface area contributed by atoms with Gasteiger partial charge in [-0.05, 0) is 0 Å². The first-order valence-corrected chi connectivity index (χ1v) is 6.37. The Labute approximate surface area is 116 Å². The van der Waals surface area contributed by atoms with Gasteiger partial charge < -0.3 is 9.84 Å². The third kappa shape index (κ3) is 3.61. The minimum absolute atomic E-state index is 0.00956. The van der Waals surface area contributed by atoms with Crippen LogP contribution in [0.1, 0.15) is 19.7 Å². The van der Waals surface area contributed by atoms with Crippen molar-refractivity contribution in [3.05, 3.63) is 40.3 Å². The molecule has 0 aliphatic rings. The van der Waals surface area contributed by atoms with Crippen molar-refractivity contribution in [1.82, 2.24) is 15.5 Å². The van der Waals surface area contributed by atoms with Crippen LogP contribution in [0, 0.1) is 10.1 Å². The fraction of sp³-hybridized carbons (Fsp3) is 0.385. The highest BCUT2D eigenvalue weighted by atomic mass is 16.6. The van der Waals surface area contributed by atoms with Crippen molar-refractivity contribution in [3.8, 4) is 11.4 Å². The van der Waals surface area contributed by atoms with Crippen LogP contribution in [0.3, 0.4) is 0 Å². The lowest BCUT2D eigenvalue weighted by Crippen LogP contribution is -2.25. The molecule has 20 heavy (non-hydrogen) atoms. The number of nitrogens with one attached hydrogen (secondary N) is 1. The normalized spacial score (nSPS) is 10.9. The Kier molecular flexibility index (Phi) is 4.41. The first-order valence-electron chi connectivity index (χ1n) is 6.37. The number of hydrogen-bond donors (Lipinski definition) is 1. The van der Waals surface area contributed by atoms with Gasteiger partial charge in [0.2, 0.25) is 11.7 Å². The lowest BCUT2D eigenvalue weighted by molar-refractivity contribution is -0.384. The molecule has 0 spiro atoms. The molecular weight excluding hydrogens is 260 g/mol. The monoisotopic (exact) mass is 276 g/mol. The molecule has 0 atom stereocenters. The zero-order valence-electron chi connectivity index (χ0n) is 11.4. The second-order valence-electron chi connectivity index (χ2n) is 4.68. The summed E-state index contributed by atoms with van der Waals surface area (Å²) in [7, 11) is 0. The maximum absolute atomic E-state index is 10.7. The fourth-order valence-corrected chi connectivity index (χ4v) is 1.70. The summed E-state index contributed by atoms with van der Waals surface area (Å²) >= 11 is 0. The SMILES string of the molecule is CC(C)NCCc1nc(-c2cccc([N+](=O)[O-])c2)no1. The van der Waals surface area contributed by atoms with Crippen LogP contribution in [0.15, 0.2) is 28.8 Å². The predicted molar refractivity (Wildman–Crippen MR) is 73.2 cm³/mol. The number of nitro benzene ring substituents is 1. The van der Waals surface area contributed by atoms with E-state index in [1.807, 2.05) is 0 Å². The zero-order chi connectivity index (χ0) is 14.5. The minimum atomic E-state index is -0.447. The van der Waals surface area contributed by atoms with Crippen LogP contribution in [0.4, 0.5) is 5.69 Å². The average molecular weight is 276 g/mol. The van der Waals surface area contributed by atoms with E-state index in [0.29, 0.717) is 29.7 Å². The highest BCUT2D eigenvalue weighted by Crippen LogP contribution is 2.21. The van der Waals surface area contributed by atoms with E-state index < -0.39 is 4.92 Å². The van der Waals surface area contributed by atoms with E-state index in [9.17, 15) is 10.1 Å². The molecular formula is C13H16N4O3. The molecule has 0 amide bonds. The van der Waals surface area contributed by atoms with Gasteiger partial charge in [0.15, 0.2) is 0 Å². The van der Waals surface area contributed by atoms with Gasteiger partial charge in [-0.1, -0.05) is 31.1 Å². The average Bonchev–Trinajstić information content (AvgIpc) is 2.87. The van der Waals surface area contributed by atoms with Gasteiger partial charge in [0.05, 0.1) is 4.92 Å². The van der Waals surface area contributed by atoms with E-state index in [1.165, 1.54) is 12.1 Å². The highest BCUT2D eigenvalue weighted by molar-refractivity contribution is 5.58. The molecule has 2 aromatic rings. The van der Waals surface area contributed by atoms with Gasteiger partial charge in [0.1, 0.15) is 0 Å². The van der Waals surface area contributed by atoms with Gasteiger partial charge in [-0.2, -0.15) is 4.98 Å². The van der Waals surface area contributed by atoms with E-state index >= 15 is 0 Å². The quantitative estimate of drug-likeness (QED) is 0.642. The summed E-state index contributed by atoms with van der Waals surface area (Å²) < 4.78 is 5.13. The Bertz CT molecular complexity index is 595. The summed E-state index contributed by atoms with van der Waals surface area (Å²) in [6.45, 7) is 4.86. The molecule has 0 unspecified atom stereocenters. The summed E-state index contributed by atoms with van der Waals surface area (Å²) in [5.74, 6) is 0.882. The second kappa shape index (κ2) is 6.25. The lowest BCUT2D eigenvalue weighted by Gasteiger charge is -2.04. The van der Waals surface area contributed by atoms with Crippen LogP contribution >= 0.6 is 0 Å². The fourth-order valence-electron chi connectivity index (χ4n) is 1.70. The molecule has 0 radical (unpaired) electrons. The van der Waals surface area contributed by atoms with Gasteiger partial charge >= 0.3 is 0 Å². The van der Waals surface area contributed by atoms with Crippen molar-refractivity contribution in [2.75, 3.05) is 6.54 Å². The van der Waals surface area contributed by atoms with Gasteiger partial charge in [-0.25, -0.2) is 0 Å². The standard InChI is InChI=1S/C13H16N4O3/c1-9(2)14-7-6-12-15-13(16-20-12)10-4-3-5-11(8-10)17(18)19/h3-5,8-9,14H,6-7H2,1-2H3. The molecule has 0 saturated carbocycles. The molecule has 0 aliphatic carbocycles. The zero-order valence-corrected chi connectivity index (χ0v) is 11.4. The van der Waals surface area contributed by atoms with Crippen LogP contribution in [0.25, 0.3) is 11.4 Å². The Morgan fingerprint density at radius 2 is 2.25 bits per heavy atom. The summed E-state index contributed by atoms with van der Waals surface area (Å²) in [5, 5.41) is 17.8. The van der Waals surface area contributed by atoms with Gasteiger partial charge in [0.25, 0.3) is 5.69 Å². The van der Waals surface area contributed by atoms with E-state index in [2.05, 4.69) is 29.3 Å². The number of hydrogen-bond acceptors (Lipinski definition) is 6. The highest BCUT2D eigenvalue weighted by Gasteiger charge is 2.12. The van der Waals surface area contributed by atoms with Crippen molar-refractivity contribution in [1.29, 1.82) is 0 Å². The van der Waals surface area contributed by atoms with E-state index in [4.69, 9.17) is 4.52 Å². The number of benzene rings is 1. The topological polar surface area (TPSA) is 94.1 Å². The van der Waals surface area contributed by atoms with Gasteiger partial charge in [-0.15, -0.1) is 0 Å². The van der Waals surface area contributed by atoms with Crippen LogP contribution in [0.2, 0.25) is 0 Å². The minimum Gasteiger partial charge on any atom is -0.339 e. The summed E-state index contributed by atoms with van der Waals surface area (Å²) in [5.41, 5.74) is 0.585. The Balaban J connectivity index is 2.08. The van der Waals surface area contributed by atoms with E-state index in [1.54, 1.807) is 12.1 Å². The predicted octanol–water partition coefficient (Wildman–Crippen LogP) is 2.19. The second-order valence-corrected chi connectivity index (χ2v) is 4.68. The van der Waals surface area contributed by atoms with E-state index in [-0.39, 0.29) is 5.69 Å². The molecule has 0 saturated heterocycles. The molecule has 0 bridgehead atoms. The van der Waals surface area contributed by atoms with Crippen LogP contribution in [0.5, 0.6) is 0 Å². The van der Waals surface area contributed by atoms with Crippen molar-refractivity contribution >= 4 is 5.69 Å².